The Labute approximate surface area is 169 Å². The summed E-state index contributed by atoms with van der Waals surface area (Å²) < 4.78 is 2.02. The van der Waals surface area contributed by atoms with E-state index in [1.165, 1.54) is 0 Å². The highest BCUT2D eigenvalue weighted by atomic mass is 16.2. The van der Waals surface area contributed by atoms with Crippen molar-refractivity contribution in [3.63, 3.8) is 0 Å². The zero-order valence-corrected chi connectivity index (χ0v) is 16.4. The van der Waals surface area contributed by atoms with Crippen molar-refractivity contribution in [3.05, 3.63) is 30.7 Å². The minimum atomic E-state index is -1.28. The molecule has 0 bridgehead atoms. The van der Waals surface area contributed by atoms with Gasteiger partial charge in [-0.05, 0) is 37.3 Å². The first-order valence-electron chi connectivity index (χ1n) is 9.85. The van der Waals surface area contributed by atoms with Crippen LogP contribution in [0.3, 0.4) is 0 Å². The molecular weight excluding hydrogens is 372 g/mol. The summed E-state index contributed by atoms with van der Waals surface area (Å²) in [7, 11) is 0. The standard InChI is InChI=1S/C20H28N6O3/c21-17(27)1-7-20(23,19(22)29)15-4-10-26(11-5-15)18(28)6-12-25-9-3-14-2-8-24-13-16(14)25/h2-3,8-9,13,15H,1,4-7,10-12,23H2,(H2,21,27)(H2,22,29). The van der Waals surface area contributed by atoms with Gasteiger partial charge in [0.15, 0.2) is 0 Å². The number of aryl methyl sites for hydroxylation is 1. The van der Waals surface area contributed by atoms with Crippen LogP contribution in [0, 0.1) is 5.92 Å². The number of carbonyl (C=O) groups is 3. The summed E-state index contributed by atoms with van der Waals surface area (Å²) in [6.45, 7) is 1.61. The summed E-state index contributed by atoms with van der Waals surface area (Å²) >= 11 is 0. The molecule has 0 spiro atoms. The van der Waals surface area contributed by atoms with E-state index < -0.39 is 17.4 Å². The van der Waals surface area contributed by atoms with Crippen molar-refractivity contribution in [2.45, 2.75) is 44.2 Å². The molecule has 1 unspecified atom stereocenters. The molecular formula is C20H28N6O3. The quantitative estimate of drug-likeness (QED) is 0.575. The van der Waals surface area contributed by atoms with Gasteiger partial charge in [0.25, 0.3) is 0 Å². The number of carbonyl (C=O) groups excluding carboxylic acids is 3. The molecule has 9 heteroatoms. The van der Waals surface area contributed by atoms with E-state index in [2.05, 4.69) is 4.98 Å². The first-order chi connectivity index (χ1) is 13.8. The summed E-state index contributed by atoms with van der Waals surface area (Å²) in [5, 5.41) is 1.09. The normalized spacial score (nSPS) is 17.2. The van der Waals surface area contributed by atoms with Gasteiger partial charge in [-0.1, -0.05) is 0 Å². The number of pyridine rings is 1. The SMILES string of the molecule is NC(=O)CCC(N)(C(N)=O)C1CCN(C(=O)CCn2ccc3ccncc32)CC1. The number of aromatic nitrogens is 2. The van der Waals surface area contributed by atoms with Gasteiger partial charge in [0.2, 0.25) is 17.7 Å². The van der Waals surface area contributed by atoms with E-state index in [-0.39, 0.29) is 24.7 Å². The Balaban J connectivity index is 1.54. The van der Waals surface area contributed by atoms with Crippen molar-refractivity contribution >= 4 is 28.6 Å². The summed E-state index contributed by atoms with van der Waals surface area (Å²) in [5.74, 6) is -1.26. The molecule has 3 rings (SSSR count). The van der Waals surface area contributed by atoms with Crippen LogP contribution in [-0.4, -0.2) is 50.8 Å². The molecule has 9 nitrogen and oxygen atoms in total. The third kappa shape index (κ3) is 4.56. The van der Waals surface area contributed by atoms with Crippen molar-refractivity contribution in [1.29, 1.82) is 0 Å². The fourth-order valence-corrected chi connectivity index (χ4v) is 4.10. The van der Waals surface area contributed by atoms with Gasteiger partial charge in [0.05, 0.1) is 17.3 Å². The molecule has 0 aromatic carbocycles. The molecule has 0 radical (unpaired) electrons. The lowest BCUT2D eigenvalue weighted by Gasteiger charge is -2.40. The molecule has 2 aromatic rings. The van der Waals surface area contributed by atoms with Crippen molar-refractivity contribution in [3.8, 4) is 0 Å². The minimum Gasteiger partial charge on any atom is -0.370 e. The van der Waals surface area contributed by atoms with Crippen LogP contribution in [0.5, 0.6) is 0 Å². The van der Waals surface area contributed by atoms with E-state index in [1.807, 2.05) is 22.9 Å². The smallest absolute Gasteiger partial charge is 0.237 e. The number of piperidine rings is 1. The van der Waals surface area contributed by atoms with Gasteiger partial charge < -0.3 is 26.7 Å². The average Bonchev–Trinajstić information content (AvgIpc) is 3.13. The maximum Gasteiger partial charge on any atom is 0.237 e. The molecule has 3 heterocycles. The number of amides is 3. The highest BCUT2D eigenvalue weighted by Gasteiger charge is 2.42. The summed E-state index contributed by atoms with van der Waals surface area (Å²) in [6.07, 6.45) is 7.16. The van der Waals surface area contributed by atoms with Crippen LogP contribution >= 0.6 is 0 Å². The van der Waals surface area contributed by atoms with E-state index >= 15 is 0 Å². The van der Waals surface area contributed by atoms with Gasteiger partial charge in [-0.15, -0.1) is 0 Å². The molecule has 0 saturated carbocycles. The summed E-state index contributed by atoms with van der Waals surface area (Å²) in [5.41, 5.74) is 16.7. The Morgan fingerprint density at radius 3 is 2.52 bits per heavy atom. The van der Waals surface area contributed by atoms with Crippen LogP contribution in [-0.2, 0) is 20.9 Å². The molecule has 0 aliphatic carbocycles. The Morgan fingerprint density at radius 1 is 1.14 bits per heavy atom. The lowest BCUT2D eigenvalue weighted by Crippen LogP contribution is -2.60. The van der Waals surface area contributed by atoms with E-state index in [0.717, 1.165) is 10.9 Å². The lowest BCUT2D eigenvalue weighted by molar-refractivity contribution is -0.134. The third-order valence-electron chi connectivity index (χ3n) is 5.96. The number of hydrogen-bond donors (Lipinski definition) is 3. The van der Waals surface area contributed by atoms with Crippen molar-refractivity contribution in [1.82, 2.24) is 14.5 Å². The van der Waals surface area contributed by atoms with E-state index in [1.54, 1.807) is 17.3 Å². The van der Waals surface area contributed by atoms with Crippen LogP contribution in [0.25, 0.3) is 10.9 Å². The van der Waals surface area contributed by atoms with Crippen molar-refractivity contribution in [2.24, 2.45) is 23.1 Å². The van der Waals surface area contributed by atoms with Gasteiger partial charge in [0, 0.05) is 50.3 Å². The second kappa shape index (κ2) is 8.60. The topological polar surface area (TPSA) is 150 Å². The van der Waals surface area contributed by atoms with E-state index in [0.29, 0.717) is 38.9 Å². The fourth-order valence-electron chi connectivity index (χ4n) is 4.10. The van der Waals surface area contributed by atoms with Gasteiger partial charge in [-0.3, -0.25) is 19.4 Å². The Hall–Kier alpha value is -2.94. The fraction of sp³-hybridized carbons (Fsp3) is 0.500. The van der Waals surface area contributed by atoms with Crippen LogP contribution < -0.4 is 17.2 Å². The van der Waals surface area contributed by atoms with Gasteiger partial charge >= 0.3 is 0 Å². The molecule has 2 aromatic heterocycles. The second-order valence-corrected chi connectivity index (χ2v) is 7.72. The number of fused-ring (bicyclic) bond motifs is 1. The summed E-state index contributed by atoms with van der Waals surface area (Å²) in [4.78, 5) is 41.6. The maximum atomic E-state index is 12.6. The largest absolute Gasteiger partial charge is 0.370 e. The zero-order valence-electron chi connectivity index (χ0n) is 16.4. The van der Waals surface area contributed by atoms with Crippen LogP contribution in [0.15, 0.2) is 30.7 Å². The average molecular weight is 400 g/mol. The van der Waals surface area contributed by atoms with Gasteiger partial charge in [-0.2, -0.15) is 0 Å². The Morgan fingerprint density at radius 2 is 1.86 bits per heavy atom. The number of nitrogens with zero attached hydrogens (tertiary/aromatic N) is 3. The highest BCUT2D eigenvalue weighted by Crippen LogP contribution is 2.30. The number of hydrogen-bond acceptors (Lipinski definition) is 5. The number of rotatable bonds is 8. The van der Waals surface area contributed by atoms with Crippen LogP contribution in [0.4, 0.5) is 0 Å². The van der Waals surface area contributed by atoms with Crippen LogP contribution in [0.1, 0.15) is 32.1 Å². The minimum absolute atomic E-state index is 0.0122. The van der Waals surface area contributed by atoms with E-state index in [4.69, 9.17) is 17.2 Å². The van der Waals surface area contributed by atoms with Crippen molar-refractivity contribution in [2.75, 3.05) is 13.1 Å². The van der Waals surface area contributed by atoms with Crippen molar-refractivity contribution < 1.29 is 14.4 Å². The highest BCUT2D eigenvalue weighted by molar-refractivity contribution is 5.86. The van der Waals surface area contributed by atoms with Crippen LogP contribution in [0.2, 0.25) is 0 Å². The number of primary amides is 2. The molecule has 1 atom stereocenters. The predicted molar refractivity (Wildman–Crippen MR) is 108 cm³/mol. The lowest BCUT2D eigenvalue weighted by atomic mass is 9.75. The number of nitrogens with two attached hydrogens (primary N) is 3. The molecule has 1 saturated heterocycles. The summed E-state index contributed by atoms with van der Waals surface area (Å²) in [6, 6.07) is 3.94. The molecule has 1 aliphatic rings. The monoisotopic (exact) mass is 400 g/mol. The van der Waals surface area contributed by atoms with Gasteiger partial charge in [0.1, 0.15) is 0 Å². The Bertz CT molecular complexity index is 903. The third-order valence-corrected chi connectivity index (χ3v) is 5.96. The first kappa shape index (κ1) is 20.8. The molecule has 156 valence electrons. The molecule has 1 fully saturated rings. The molecule has 29 heavy (non-hydrogen) atoms. The molecule has 3 amide bonds. The van der Waals surface area contributed by atoms with Gasteiger partial charge in [-0.25, -0.2) is 0 Å². The van der Waals surface area contributed by atoms with E-state index in [9.17, 15) is 14.4 Å². The zero-order chi connectivity index (χ0) is 21.0. The molecule has 6 N–H and O–H groups in total. The first-order valence-corrected chi connectivity index (χ1v) is 9.85. The number of likely N-dealkylation sites (tertiary alicyclic amines) is 1. The maximum absolute atomic E-state index is 12.6. The second-order valence-electron chi connectivity index (χ2n) is 7.72. The predicted octanol–water partition coefficient (Wildman–Crippen LogP) is 0.113. The Kier molecular flexibility index (Phi) is 6.17. The molecule has 1 aliphatic heterocycles.